The molecule has 3 fully saturated rings. The van der Waals surface area contributed by atoms with Crippen LogP contribution in [0, 0.1) is 23.6 Å². The minimum atomic E-state index is -0.183. The first kappa shape index (κ1) is 16.1. The molecule has 2 aliphatic carbocycles. The second-order valence-electron chi connectivity index (χ2n) is 7.86. The van der Waals surface area contributed by atoms with Gasteiger partial charge in [-0.2, -0.15) is 0 Å². The van der Waals surface area contributed by atoms with Crippen molar-refractivity contribution in [2.24, 2.45) is 17.8 Å². The lowest BCUT2D eigenvalue weighted by atomic mass is 9.87. The van der Waals surface area contributed by atoms with Gasteiger partial charge in [0.1, 0.15) is 5.82 Å². The molecule has 0 spiro atoms. The summed E-state index contributed by atoms with van der Waals surface area (Å²) in [5, 5.41) is 0. The van der Waals surface area contributed by atoms with Crippen molar-refractivity contribution in [3.05, 3.63) is 35.6 Å². The Bertz CT molecular complexity index is 588. The molecular formula is C20H27FN2O. The lowest BCUT2D eigenvalue weighted by molar-refractivity contribution is -0.137. The van der Waals surface area contributed by atoms with E-state index in [9.17, 15) is 9.18 Å². The molecule has 130 valence electrons. The Labute approximate surface area is 143 Å². The minimum Gasteiger partial charge on any atom is -0.341 e. The maximum absolute atomic E-state index is 13.0. The van der Waals surface area contributed by atoms with Gasteiger partial charge in [-0.25, -0.2) is 4.39 Å². The average Bonchev–Trinajstić information content (AvgIpc) is 3.15. The van der Waals surface area contributed by atoms with E-state index in [2.05, 4.69) is 9.80 Å². The maximum atomic E-state index is 13.0. The van der Waals surface area contributed by atoms with Gasteiger partial charge >= 0.3 is 0 Å². The van der Waals surface area contributed by atoms with E-state index in [-0.39, 0.29) is 5.82 Å². The summed E-state index contributed by atoms with van der Waals surface area (Å²) in [5.74, 6) is 2.04. The molecule has 2 bridgehead atoms. The monoisotopic (exact) mass is 330 g/mol. The summed E-state index contributed by atoms with van der Waals surface area (Å²) in [7, 11) is 0. The highest BCUT2D eigenvalue weighted by Crippen LogP contribution is 2.48. The molecule has 4 rings (SSSR count). The molecule has 1 heterocycles. The van der Waals surface area contributed by atoms with Crippen LogP contribution in [0.2, 0.25) is 0 Å². The van der Waals surface area contributed by atoms with Gasteiger partial charge < -0.3 is 4.90 Å². The summed E-state index contributed by atoms with van der Waals surface area (Å²) in [4.78, 5) is 17.4. The lowest BCUT2D eigenvalue weighted by Gasteiger charge is -2.28. The summed E-state index contributed by atoms with van der Waals surface area (Å²) in [6, 6.07) is 6.77. The first-order chi connectivity index (χ1) is 11.7. The third-order valence-electron chi connectivity index (χ3n) is 6.27. The molecule has 4 heteroatoms. The molecule has 1 saturated heterocycles. The van der Waals surface area contributed by atoms with E-state index in [0.717, 1.165) is 57.0 Å². The minimum absolute atomic E-state index is 0.183. The Morgan fingerprint density at radius 3 is 2.58 bits per heavy atom. The predicted octanol–water partition coefficient (Wildman–Crippen LogP) is 3.30. The van der Waals surface area contributed by atoms with E-state index in [4.69, 9.17) is 0 Å². The number of hydrogen-bond acceptors (Lipinski definition) is 2. The average molecular weight is 330 g/mol. The zero-order chi connectivity index (χ0) is 16.5. The second kappa shape index (κ2) is 6.83. The molecule has 24 heavy (non-hydrogen) atoms. The van der Waals surface area contributed by atoms with Crippen LogP contribution < -0.4 is 0 Å². The first-order valence-corrected chi connectivity index (χ1v) is 9.44. The quantitative estimate of drug-likeness (QED) is 0.849. The summed E-state index contributed by atoms with van der Waals surface area (Å²) >= 11 is 0. The molecule has 3 nitrogen and oxygen atoms in total. The highest BCUT2D eigenvalue weighted by molar-refractivity contribution is 5.79. The first-order valence-electron chi connectivity index (χ1n) is 9.44. The van der Waals surface area contributed by atoms with Gasteiger partial charge in [-0.15, -0.1) is 0 Å². The van der Waals surface area contributed by atoms with Crippen LogP contribution in [0.3, 0.4) is 0 Å². The standard InChI is InChI=1S/C20H27FN2O/c21-18-6-3-15(4-7-18)14-22-8-1-9-23(11-10-22)20(24)19-13-16-2-5-17(19)12-16/h3-4,6-7,16-17,19H,1-2,5,8-14H2. The lowest BCUT2D eigenvalue weighted by Crippen LogP contribution is -2.40. The Kier molecular flexibility index (Phi) is 4.57. The van der Waals surface area contributed by atoms with E-state index in [1.807, 2.05) is 12.1 Å². The number of carbonyl (C=O) groups excluding carboxylic acids is 1. The number of nitrogens with zero attached hydrogens (tertiary/aromatic N) is 2. The van der Waals surface area contributed by atoms with Crippen molar-refractivity contribution in [3.63, 3.8) is 0 Å². The van der Waals surface area contributed by atoms with E-state index < -0.39 is 0 Å². The number of fused-ring (bicyclic) bond motifs is 2. The fourth-order valence-electron chi connectivity index (χ4n) is 4.98. The molecule has 3 atom stereocenters. The van der Waals surface area contributed by atoms with Gasteiger partial charge in [-0.05, 0) is 55.2 Å². The van der Waals surface area contributed by atoms with Crippen molar-refractivity contribution in [2.45, 2.75) is 38.6 Å². The maximum Gasteiger partial charge on any atom is 0.226 e. The Morgan fingerprint density at radius 2 is 1.88 bits per heavy atom. The number of halogens is 1. The number of hydrogen-bond donors (Lipinski definition) is 0. The summed E-state index contributed by atoms with van der Waals surface area (Å²) in [6.45, 7) is 4.51. The molecule has 1 aromatic rings. The molecule has 0 radical (unpaired) electrons. The van der Waals surface area contributed by atoms with Crippen molar-refractivity contribution >= 4 is 5.91 Å². The zero-order valence-electron chi connectivity index (χ0n) is 14.3. The van der Waals surface area contributed by atoms with Gasteiger partial charge in [-0.1, -0.05) is 18.6 Å². The van der Waals surface area contributed by atoms with Gasteiger partial charge in [0, 0.05) is 38.6 Å². The van der Waals surface area contributed by atoms with Gasteiger partial charge in [0.25, 0.3) is 0 Å². The van der Waals surface area contributed by atoms with Crippen LogP contribution in [0.25, 0.3) is 0 Å². The smallest absolute Gasteiger partial charge is 0.226 e. The molecule has 0 aromatic heterocycles. The highest BCUT2D eigenvalue weighted by atomic mass is 19.1. The molecular weight excluding hydrogens is 303 g/mol. The molecule has 1 aliphatic heterocycles. The number of carbonyl (C=O) groups is 1. The molecule has 3 aliphatic rings. The molecule has 1 aromatic carbocycles. The highest BCUT2D eigenvalue weighted by Gasteiger charge is 2.44. The molecule has 3 unspecified atom stereocenters. The van der Waals surface area contributed by atoms with Crippen molar-refractivity contribution < 1.29 is 9.18 Å². The summed E-state index contributed by atoms with van der Waals surface area (Å²) < 4.78 is 13.0. The fraction of sp³-hybridized carbons (Fsp3) is 0.650. The summed E-state index contributed by atoms with van der Waals surface area (Å²) in [6.07, 6.45) is 6.08. The predicted molar refractivity (Wildman–Crippen MR) is 91.8 cm³/mol. The van der Waals surface area contributed by atoms with Crippen LogP contribution >= 0.6 is 0 Å². The van der Waals surface area contributed by atoms with Crippen molar-refractivity contribution in [1.82, 2.24) is 9.80 Å². The molecule has 1 amide bonds. The van der Waals surface area contributed by atoms with E-state index in [1.165, 1.54) is 31.4 Å². The largest absolute Gasteiger partial charge is 0.341 e. The molecule has 2 saturated carbocycles. The van der Waals surface area contributed by atoms with Gasteiger partial charge in [-0.3, -0.25) is 9.69 Å². The van der Waals surface area contributed by atoms with Crippen LogP contribution in [0.15, 0.2) is 24.3 Å². The van der Waals surface area contributed by atoms with Gasteiger partial charge in [0.05, 0.1) is 0 Å². The Balaban J connectivity index is 1.32. The fourth-order valence-corrected chi connectivity index (χ4v) is 4.98. The van der Waals surface area contributed by atoms with Crippen LogP contribution in [-0.4, -0.2) is 41.9 Å². The van der Waals surface area contributed by atoms with Crippen molar-refractivity contribution in [2.75, 3.05) is 26.2 Å². The number of benzene rings is 1. The van der Waals surface area contributed by atoms with Crippen LogP contribution in [0.4, 0.5) is 4.39 Å². The number of amides is 1. The molecule has 0 N–H and O–H groups in total. The third-order valence-corrected chi connectivity index (χ3v) is 6.27. The van der Waals surface area contributed by atoms with Gasteiger partial charge in [0.15, 0.2) is 0 Å². The third kappa shape index (κ3) is 3.34. The topological polar surface area (TPSA) is 23.6 Å². The Hall–Kier alpha value is -1.42. The van der Waals surface area contributed by atoms with Crippen LogP contribution in [-0.2, 0) is 11.3 Å². The number of rotatable bonds is 3. The van der Waals surface area contributed by atoms with Crippen LogP contribution in [0.5, 0.6) is 0 Å². The van der Waals surface area contributed by atoms with Crippen molar-refractivity contribution in [1.29, 1.82) is 0 Å². The van der Waals surface area contributed by atoms with E-state index in [1.54, 1.807) is 0 Å². The normalized spacial score (nSPS) is 30.5. The van der Waals surface area contributed by atoms with Gasteiger partial charge in [0.2, 0.25) is 5.91 Å². The van der Waals surface area contributed by atoms with Crippen LogP contribution in [0.1, 0.15) is 37.7 Å². The second-order valence-corrected chi connectivity index (χ2v) is 7.86. The van der Waals surface area contributed by atoms with E-state index in [0.29, 0.717) is 17.7 Å². The van der Waals surface area contributed by atoms with Crippen molar-refractivity contribution in [3.8, 4) is 0 Å². The Morgan fingerprint density at radius 1 is 1.04 bits per heavy atom. The summed E-state index contributed by atoms with van der Waals surface area (Å²) in [5.41, 5.74) is 1.14. The SMILES string of the molecule is O=C(C1CC2CCC1C2)N1CCCN(Cc2ccc(F)cc2)CC1. The zero-order valence-corrected chi connectivity index (χ0v) is 14.3. The van der Waals surface area contributed by atoms with E-state index >= 15 is 0 Å².